The van der Waals surface area contributed by atoms with Crippen LogP contribution in [-0.4, -0.2) is 18.5 Å². The van der Waals surface area contributed by atoms with Crippen LogP contribution in [0.5, 0.6) is 0 Å². The smallest absolute Gasteiger partial charge is 0.485 e. The van der Waals surface area contributed by atoms with Crippen molar-refractivity contribution in [3.8, 4) is 0 Å². The highest BCUT2D eigenvalue weighted by molar-refractivity contribution is 7.97. The van der Waals surface area contributed by atoms with E-state index in [2.05, 4.69) is 96.1 Å². The van der Waals surface area contributed by atoms with Crippen molar-refractivity contribution in [3.63, 3.8) is 0 Å². The molecule has 3 aromatic carbocycles. The van der Waals surface area contributed by atoms with E-state index in [-0.39, 0.29) is 10.9 Å². The average molecular weight is 497 g/mol. The third kappa shape index (κ3) is 6.62. The maximum atomic E-state index is 10.7. The van der Waals surface area contributed by atoms with Crippen molar-refractivity contribution >= 4 is 21.0 Å². The number of halogens is 3. The molecule has 0 atom stereocenters. The molecule has 0 aliphatic rings. The largest absolute Gasteiger partial charge is 0.741 e. The van der Waals surface area contributed by atoms with E-state index >= 15 is 0 Å². The molecule has 0 saturated heterocycles. The number of hydrogen-bond donors (Lipinski definition) is 0. The molecule has 3 nitrogen and oxygen atoms in total. The van der Waals surface area contributed by atoms with Gasteiger partial charge in [-0.25, -0.2) is 8.42 Å². The summed E-state index contributed by atoms with van der Waals surface area (Å²) < 4.78 is 58.9. The number of benzene rings is 3. The summed E-state index contributed by atoms with van der Waals surface area (Å²) in [5.74, 6) is 0. The Kier molecular flexibility index (Phi) is 8.43. The molecule has 3 rings (SSSR count). The van der Waals surface area contributed by atoms with Gasteiger partial charge in [-0.1, -0.05) is 53.6 Å². The minimum absolute atomic E-state index is 0.0775. The lowest BCUT2D eigenvalue weighted by atomic mass is 10.1. The van der Waals surface area contributed by atoms with Crippen LogP contribution in [0.1, 0.15) is 33.4 Å². The molecule has 0 heterocycles. The summed E-state index contributed by atoms with van der Waals surface area (Å²) in [7, 11) is -6.17. The van der Waals surface area contributed by atoms with E-state index in [4.69, 9.17) is 13.0 Å². The van der Waals surface area contributed by atoms with Gasteiger partial charge in [-0.3, -0.25) is 0 Å². The molecule has 8 heteroatoms. The highest BCUT2D eigenvalue weighted by Crippen LogP contribution is 2.39. The molecule has 0 spiro atoms. The Balaban J connectivity index is 0.000000414. The fourth-order valence-electron chi connectivity index (χ4n) is 3.87. The van der Waals surface area contributed by atoms with Gasteiger partial charge in [0.2, 0.25) is 0 Å². The van der Waals surface area contributed by atoms with Crippen LogP contribution in [0.4, 0.5) is 13.2 Å². The molecule has 33 heavy (non-hydrogen) atoms. The maximum absolute atomic E-state index is 10.7. The number of alkyl halides is 3. The predicted molar refractivity (Wildman–Crippen MR) is 126 cm³/mol. The summed E-state index contributed by atoms with van der Waals surface area (Å²) in [5, 5.41) is 0. The minimum atomic E-state index is -6.09. The van der Waals surface area contributed by atoms with Crippen LogP contribution >= 0.6 is 0 Å². The summed E-state index contributed by atoms with van der Waals surface area (Å²) >= 11 is 0. The van der Waals surface area contributed by atoms with Gasteiger partial charge in [0.25, 0.3) is 0 Å². The third-order valence-electron chi connectivity index (χ3n) is 4.88. The fraction of sp³-hybridized carbons (Fsp3) is 0.280. The van der Waals surface area contributed by atoms with Crippen molar-refractivity contribution < 1.29 is 26.1 Å². The normalized spacial score (nSPS) is 11.8. The quantitative estimate of drug-likeness (QED) is 0.231. The first-order chi connectivity index (χ1) is 15.1. The lowest BCUT2D eigenvalue weighted by Gasteiger charge is -2.17. The zero-order chi connectivity index (χ0) is 25.1. The predicted octanol–water partition coefficient (Wildman–Crippen LogP) is 6.68. The standard InChI is InChI=1S/C24H27S.CHF3O3S/c1-16-12-18(3)23(19(4)13-16)25(22-10-8-7-9-11-22)24-20(5)14-17(2)15-21(24)6;2-1(3,4)8(5,6)7/h7-15H,1-6H3;(H,5,6,7)/q+1;/p-1. The average Bonchev–Trinajstić information content (AvgIpc) is 2.65. The Morgan fingerprint density at radius 2 is 1.00 bits per heavy atom. The van der Waals surface area contributed by atoms with Crippen LogP contribution in [0.2, 0.25) is 0 Å². The van der Waals surface area contributed by atoms with E-state index in [1.165, 1.54) is 48.1 Å². The summed E-state index contributed by atoms with van der Waals surface area (Å²) in [6, 6.07) is 20.3. The van der Waals surface area contributed by atoms with E-state index in [0.29, 0.717) is 0 Å². The Labute approximate surface area is 196 Å². The molecule has 0 radical (unpaired) electrons. The molecule has 178 valence electrons. The molecule has 0 N–H and O–H groups in total. The first-order valence-electron chi connectivity index (χ1n) is 10.1. The molecule has 0 fully saturated rings. The Morgan fingerprint density at radius 3 is 1.27 bits per heavy atom. The van der Waals surface area contributed by atoms with Crippen molar-refractivity contribution in [2.24, 2.45) is 0 Å². The lowest BCUT2D eigenvalue weighted by Crippen LogP contribution is -2.21. The molecule has 0 aliphatic carbocycles. The minimum Gasteiger partial charge on any atom is -0.741 e. The number of hydrogen-bond acceptors (Lipinski definition) is 3. The molecule has 0 aromatic heterocycles. The first-order valence-corrected chi connectivity index (χ1v) is 12.7. The van der Waals surface area contributed by atoms with Gasteiger partial charge in [0, 0.05) is 22.3 Å². The Hall–Kier alpha value is -2.29. The van der Waals surface area contributed by atoms with Crippen molar-refractivity contribution in [3.05, 3.63) is 88.0 Å². The second kappa shape index (κ2) is 10.3. The monoisotopic (exact) mass is 496 g/mol. The van der Waals surface area contributed by atoms with Crippen LogP contribution in [-0.2, 0) is 21.0 Å². The summed E-state index contributed by atoms with van der Waals surface area (Å²) in [5.41, 5.74) is 2.61. The van der Waals surface area contributed by atoms with Gasteiger partial charge in [0.1, 0.15) is 10.9 Å². The van der Waals surface area contributed by atoms with Gasteiger partial charge in [0.05, 0.1) is 0 Å². The molecule has 0 unspecified atom stereocenters. The van der Waals surface area contributed by atoms with Crippen LogP contribution in [0.15, 0.2) is 69.3 Å². The van der Waals surface area contributed by atoms with Crippen molar-refractivity contribution in [2.75, 3.05) is 0 Å². The van der Waals surface area contributed by atoms with Gasteiger partial charge in [-0.2, -0.15) is 13.2 Å². The molecule has 0 bridgehead atoms. The molecule has 0 amide bonds. The highest BCUT2D eigenvalue weighted by Gasteiger charge is 2.37. The topological polar surface area (TPSA) is 57.2 Å². The van der Waals surface area contributed by atoms with Crippen molar-refractivity contribution in [2.45, 2.75) is 61.7 Å². The summed E-state index contributed by atoms with van der Waals surface area (Å²) in [6.45, 7) is 13.4. The summed E-state index contributed by atoms with van der Waals surface area (Å²) in [4.78, 5) is 4.35. The Bertz CT molecular complexity index is 1130. The zero-order valence-corrected chi connectivity index (χ0v) is 21.0. The molecule has 0 saturated carbocycles. The van der Waals surface area contributed by atoms with Crippen molar-refractivity contribution in [1.82, 2.24) is 0 Å². The Morgan fingerprint density at radius 1 is 0.697 bits per heavy atom. The van der Waals surface area contributed by atoms with Gasteiger partial charge in [0.15, 0.2) is 24.8 Å². The van der Waals surface area contributed by atoms with Crippen LogP contribution in [0, 0.1) is 41.5 Å². The SMILES string of the molecule is Cc1cc(C)c([S+](c2ccccc2)c2c(C)cc(C)cc2C)c(C)c1.O=S(=O)([O-])C(F)(F)F. The molecule has 3 aromatic rings. The van der Waals surface area contributed by atoms with E-state index in [1.54, 1.807) is 0 Å². The van der Waals surface area contributed by atoms with Crippen LogP contribution < -0.4 is 0 Å². The second-order valence-electron chi connectivity index (χ2n) is 7.97. The van der Waals surface area contributed by atoms with Gasteiger partial charge in [-0.05, 0) is 53.7 Å². The second-order valence-corrected chi connectivity index (χ2v) is 11.2. The van der Waals surface area contributed by atoms with E-state index in [1.807, 2.05) is 0 Å². The molecule has 0 aliphatic heterocycles. The highest BCUT2D eigenvalue weighted by atomic mass is 32.2. The number of aryl methyl sites for hydroxylation is 6. The van der Waals surface area contributed by atoms with Crippen molar-refractivity contribution in [1.29, 1.82) is 0 Å². The lowest BCUT2D eigenvalue weighted by molar-refractivity contribution is -0.0517. The molecular weight excluding hydrogens is 469 g/mol. The maximum Gasteiger partial charge on any atom is 0.485 e. The third-order valence-corrected chi connectivity index (χ3v) is 8.29. The number of rotatable bonds is 3. The van der Waals surface area contributed by atoms with Crippen LogP contribution in [0.25, 0.3) is 0 Å². The summed E-state index contributed by atoms with van der Waals surface area (Å²) in [6.07, 6.45) is 0. The van der Waals surface area contributed by atoms with Gasteiger partial charge < -0.3 is 4.55 Å². The van der Waals surface area contributed by atoms with E-state index in [0.717, 1.165) is 0 Å². The van der Waals surface area contributed by atoms with Crippen LogP contribution in [0.3, 0.4) is 0 Å². The fourth-order valence-corrected chi connectivity index (χ4v) is 6.50. The van der Waals surface area contributed by atoms with E-state index < -0.39 is 15.6 Å². The first kappa shape index (κ1) is 27.0. The van der Waals surface area contributed by atoms with Gasteiger partial charge in [-0.15, -0.1) is 0 Å². The zero-order valence-electron chi connectivity index (χ0n) is 19.4. The molecular formula is C25H27F3O3S2. The van der Waals surface area contributed by atoms with Gasteiger partial charge >= 0.3 is 5.51 Å². The van der Waals surface area contributed by atoms with E-state index in [9.17, 15) is 13.2 Å².